The maximum absolute atomic E-state index is 10.9. The van der Waals surface area contributed by atoms with Gasteiger partial charge in [0.1, 0.15) is 0 Å². The minimum Gasteiger partial charge on any atom is -0.301 e. The lowest BCUT2D eigenvalue weighted by Crippen LogP contribution is -2.45. The lowest BCUT2D eigenvalue weighted by atomic mass is 10.1. The highest BCUT2D eigenvalue weighted by Gasteiger charge is 2.19. The molecule has 6 heteroatoms. The summed E-state index contributed by atoms with van der Waals surface area (Å²) in [6.07, 6.45) is 0. The van der Waals surface area contributed by atoms with E-state index in [4.69, 9.17) is 0 Å². The van der Waals surface area contributed by atoms with Crippen LogP contribution < -0.4 is 0 Å². The average molecular weight is 328 g/mol. The van der Waals surface area contributed by atoms with Crippen LogP contribution in [0.5, 0.6) is 0 Å². The molecule has 1 aromatic carbocycles. The van der Waals surface area contributed by atoms with Gasteiger partial charge in [0, 0.05) is 38.8 Å². The second kappa shape index (κ2) is 6.45. The molecule has 0 bridgehead atoms. The minimum absolute atomic E-state index is 0.143. The summed E-state index contributed by atoms with van der Waals surface area (Å²) in [5.74, 6) is 0. The Balaban J connectivity index is 2.04. The smallest absolute Gasteiger partial charge is 0.283 e. The molecule has 0 saturated carbocycles. The molecule has 1 saturated heterocycles. The molecule has 1 aliphatic heterocycles. The Hall–Kier alpha value is -0.980. The van der Waals surface area contributed by atoms with Gasteiger partial charge in [-0.3, -0.25) is 15.0 Å². The molecule has 19 heavy (non-hydrogen) atoms. The number of nitro groups is 1. The molecular weight excluding hydrogens is 310 g/mol. The zero-order chi connectivity index (χ0) is 13.8. The van der Waals surface area contributed by atoms with E-state index in [1.165, 1.54) is 6.07 Å². The van der Waals surface area contributed by atoms with Crippen molar-refractivity contribution >= 4 is 21.6 Å². The van der Waals surface area contributed by atoms with Gasteiger partial charge in [-0.2, -0.15) is 0 Å². The van der Waals surface area contributed by atoms with Crippen LogP contribution in [0.3, 0.4) is 0 Å². The topological polar surface area (TPSA) is 49.6 Å². The molecule has 0 spiro atoms. The molecule has 0 aromatic heterocycles. The first-order valence-electron chi connectivity index (χ1n) is 6.48. The lowest BCUT2D eigenvalue weighted by molar-refractivity contribution is -0.385. The Labute approximate surface area is 121 Å². The van der Waals surface area contributed by atoms with Gasteiger partial charge >= 0.3 is 0 Å². The summed E-state index contributed by atoms with van der Waals surface area (Å²) < 4.78 is 0.609. The number of piperazine rings is 1. The highest BCUT2D eigenvalue weighted by atomic mass is 79.9. The molecule has 104 valence electrons. The number of halogens is 1. The van der Waals surface area contributed by atoms with Gasteiger partial charge in [-0.25, -0.2) is 0 Å². The van der Waals surface area contributed by atoms with Gasteiger partial charge in [0.25, 0.3) is 5.69 Å². The Kier molecular flexibility index (Phi) is 4.90. The van der Waals surface area contributed by atoms with E-state index < -0.39 is 0 Å². The molecule has 0 aliphatic carbocycles. The molecule has 0 N–H and O–H groups in total. The van der Waals surface area contributed by atoms with Gasteiger partial charge < -0.3 is 4.90 Å². The highest BCUT2D eigenvalue weighted by molar-refractivity contribution is 9.10. The average Bonchev–Trinajstić information content (AvgIpc) is 2.41. The van der Waals surface area contributed by atoms with Gasteiger partial charge in [0.05, 0.1) is 9.40 Å². The fourth-order valence-corrected chi connectivity index (χ4v) is 2.87. The van der Waals surface area contributed by atoms with Crippen molar-refractivity contribution in [2.24, 2.45) is 0 Å². The quantitative estimate of drug-likeness (QED) is 0.629. The van der Waals surface area contributed by atoms with Gasteiger partial charge in [0.2, 0.25) is 0 Å². The predicted molar refractivity (Wildman–Crippen MR) is 78.2 cm³/mol. The molecule has 5 nitrogen and oxygen atoms in total. The van der Waals surface area contributed by atoms with E-state index in [0.717, 1.165) is 44.8 Å². The van der Waals surface area contributed by atoms with E-state index >= 15 is 0 Å². The second-order valence-corrected chi connectivity index (χ2v) is 5.51. The summed E-state index contributed by atoms with van der Waals surface area (Å²) in [6, 6.07) is 5.23. The lowest BCUT2D eigenvalue weighted by Gasteiger charge is -2.34. The summed E-state index contributed by atoms with van der Waals surface area (Å²) in [5.41, 5.74) is 1.13. The van der Waals surface area contributed by atoms with Gasteiger partial charge in [-0.15, -0.1) is 0 Å². The predicted octanol–water partition coefficient (Wildman–Crippen LogP) is 2.49. The monoisotopic (exact) mass is 327 g/mol. The number of benzene rings is 1. The fourth-order valence-electron chi connectivity index (χ4n) is 2.33. The van der Waals surface area contributed by atoms with Gasteiger partial charge in [-0.1, -0.05) is 19.1 Å². The summed E-state index contributed by atoms with van der Waals surface area (Å²) in [5, 5.41) is 10.9. The van der Waals surface area contributed by atoms with Crippen LogP contribution >= 0.6 is 15.9 Å². The van der Waals surface area contributed by atoms with Crippen LogP contribution in [0.1, 0.15) is 12.5 Å². The molecule has 1 aliphatic rings. The van der Waals surface area contributed by atoms with E-state index in [0.29, 0.717) is 4.47 Å². The van der Waals surface area contributed by atoms with E-state index in [-0.39, 0.29) is 10.6 Å². The van der Waals surface area contributed by atoms with Crippen molar-refractivity contribution in [3.05, 3.63) is 38.3 Å². The fraction of sp³-hybridized carbons (Fsp3) is 0.538. The summed E-state index contributed by atoms with van der Waals surface area (Å²) in [4.78, 5) is 15.3. The van der Waals surface area contributed by atoms with Crippen molar-refractivity contribution in [1.82, 2.24) is 9.80 Å². The number of nitro benzene ring substituents is 1. The molecule has 0 unspecified atom stereocenters. The van der Waals surface area contributed by atoms with E-state index in [1.807, 2.05) is 6.07 Å². The molecule has 1 heterocycles. The maximum atomic E-state index is 10.9. The Morgan fingerprint density at radius 2 is 1.89 bits per heavy atom. The molecule has 0 atom stereocenters. The minimum atomic E-state index is -0.345. The van der Waals surface area contributed by atoms with Crippen LogP contribution in [-0.2, 0) is 6.54 Å². The third-order valence-corrected chi connectivity index (χ3v) is 4.48. The third-order valence-electron chi connectivity index (χ3n) is 3.56. The van der Waals surface area contributed by atoms with Crippen LogP contribution in [-0.4, -0.2) is 47.4 Å². The molecule has 1 aromatic rings. The summed E-state index contributed by atoms with van der Waals surface area (Å²) in [7, 11) is 0. The van der Waals surface area contributed by atoms with Crippen molar-refractivity contribution in [3.8, 4) is 0 Å². The number of hydrogen-bond donors (Lipinski definition) is 0. The van der Waals surface area contributed by atoms with Crippen molar-refractivity contribution in [3.63, 3.8) is 0 Å². The van der Waals surface area contributed by atoms with Crippen LogP contribution in [0, 0.1) is 10.1 Å². The first kappa shape index (κ1) is 14.4. The van der Waals surface area contributed by atoms with Gasteiger partial charge in [0.15, 0.2) is 0 Å². The van der Waals surface area contributed by atoms with Crippen LogP contribution in [0.25, 0.3) is 0 Å². The van der Waals surface area contributed by atoms with E-state index in [1.54, 1.807) is 6.07 Å². The Bertz CT molecular complexity index is 459. The van der Waals surface area contributed by atoms with Crippen LogP contribution in [0.4, 0.5) is 5.69 Å². The Morgan fingerprint density at radius 1 is 1.26 bits per heavy atom. The maximum Gasteiger partial charge on any atom is 0.283 e. The van der Waals surface area contributed by atoms with Crippen molar-refractivity contribution < 1.29 is 4.92 Å². The molecule has 2 rings (SSSR count). The first-order chi connectivity index (χ1) is 9.11. The molecule has 0 amide bonds. The SMILES string of the molecule is CCN1CCN(Cc2cccc([N+](=O)[O-])c2Br)CC1. The largest absolute Gasteiger partial charge is 0.301 e. The van der Waals surface area contributed by atoms with Crippen LogP contribution in [0.15, 0.2) is 22.7 Å². The molecule has 1 fully saturated rings. The highest BCUT2D eigenvalue weighted by Crippen LogP contribution is 2.29. The number of nitrogens with zero attached hydrogens (tertiary/aromatic N) is 3. The van der Waals surface area contributed by atoms with Crippen molar-refractivity contribution in [2.45, 2.75) is 13.5 Å². The number of likely N-dealkylation sites (N-methyl/N-ethyl adjacent to an activating group) is 1. The standard InChI is InChI=1S/C13H18BrN3O2/c1-2-15-6-8-16(9-7-15)10-11-4-3-5-12(13(11)14)17(18)19/h3-5H,2,6-10H2,1H3. The normalized spacial score (nSPS) is 17.6. The molecule has 0 radical (unpaired) electrons. The molecular formula is C13H18BrN3O2. The van der Waals surface area contributed by atoms with Crippen molar-refractivity contribution in [2.75, 3.05) is 32.7 Å². The van der Waals surface area contributed by atoms with Gasteiger partial charge in [-0.05, 0) is 28.0 Å². The van der Waals surface area contributed by atoms with E-state index in [2.05, 4.69) is 32.7 Å². The number of hydrogen-bond acceptors (Lipinski definition) is 4. The summed E-state index contributed by atoms with van der Waals surface area (Å²) >= 11 is 3.36. The Morgan fingerprint density at radius 3 is 2.47 bits per heavy atom. The van der Waals surface area contributed by atoms with Crippen molar-refractivity contribution in [1.29, 1.82) is 0 Å². The van der Waals surface area contributed by atoms with Crippen LogP contribution in [0.2, 0.25) is 0 Å². The second-order valence-electron chi connectivity index (χ2n) is 4.72. The zero-order valence-electron chi connectivity index (χ0n) is 11.0. The third kappa shape index (κ3) is 3.52. The summed E-state index contributed by atoms with van der Waals surface area (Å²) in [6.45, 7) is 8.21. The van der Waals surface area contributed by atoms with E-state index in [9.17, 15) is 10.1 Å². The zero-order valence-corrected chi connectivity index (χ0v) is 12.6. The first-order valence-corrected chi connectivity index (χ1v) is 7.27. The number of rotatable bonds is 4.